The normalized spacial score (nSPS) is 10.6. The molecule has 0 radical (unpaired) electrons. The van der Waals surface area contributed by atoms with Crippen LogP contribution in [-0.4, -0.2) is 24.6 Å². The zero-order valence-corrected chi connectivity index (χ0v) is 16.4. The van der Waals surface area contributed by atoms with E-state index in [1.807, 2.05) is 55.5 Å². The number of aryl methyl sites for hydroxylation is 1. The van der Waals surface area contributed by atoms with E-state index in [1.165, 1.54) is 6.21 Å². The second kappa shape index (κ2) is 11.5. The lowest BCUT2D eigenvalue weighted by molar-refractivity contribution is -0.126. The first-order chi connectivity index (χ1) is 13.6. The molecule has 0 aliphatic heterocycles. The largest absolute Gasteiger partial charge is 0.494 e. The molecule has 0 aromatic heterocycles. The second-order valence-corrected chi connectivity index (χ2v) is 6.30. The molecule has 0 spiro atoms. The Morgan fingerprint density at radius 1 is 1.07 bits per heavy atom. The van der Waals surface area contributed by atoms with Crippen LogP contribution in [0.2, 0.25) is 0 Å². The molecule has 0 saturated carbocycles. The third-order valence-corrected chi connectivity index (χ3v) is 4.02. The average molecular weight is 381 g/mol. The molecule has 0 fully saturated rings. The summed E-state index contributed by atoms with van der Waals surface area (Å²) in [7, 11) is 0. The number of nitrogens with zero attached hydrogens (tertiary/aromatic N) is 1. The zero-order chi connectivity index (χ0) is 20.2. The molecule has 2 amide bonds. The number of hydrogen-bond acceptors (Lipinski definition) is 4. The SMILES string of the molecule is CCCCOc1cccc(C=NNC(=O)CC(=O)Nc2ccccc2CC)c1. The van der Waals surface area contributed by atoms with E-state index < -0.39 is 5.91 Å². The van der Waals surface area contributed by atoms with Crippen LogP contribution in [0, 0.1) is 0 Å². The van der Waals surface area contributed by atoms with E-state index in [0.717, 1.165) is 41.8 Å². The molecule has 0 aliphatic rings. The number of anilines is 1. The van der Waals surface area contributed by atoms with Crippen LogP contribution in [0.3, 0.4) is 0 Å². The monoisotopic (exact) mass is 381 g/mol. The number of unbranched alkanes of at least 4 members (excludes halogenated alkanes) is 1. The van der Waals surface area contributed by atoms with Crippen molar-refractivity contribution in [3.63, 3.8) is 0 Å². The molecule has 0 heterocycles. The van der Waals surface area contributed by atoms with Crippen LogP contribution in [0.5, 0.6) is 5.75 Å². The van der Waals surface area contributed by atoms with Gasteiger partial charge in [0.05, 0.1) is 12.8 Å². The summed E-state index contributed by atoms with van der Waals surface area (Å²) in [6, 6.07) is 15.0. The fourth-order valence-electron chi connectivity index (χ4n) is 2.53. The molecule has 2 rings (SSSR count). The van der Waals surface area contributed by atoms with Gasteiger partial charge in [-0.1, -0.05) is 50.6 Å². The van der Waals surface area contributed by atoms with Gasteiger partial charge in [-0.2, -0.15) is 5.10 Å². The quantitative estimate of drug-likeness (QED) is 0.283. The predicted octanol–water partition coefficient (Wildman–Crippen LogP) is 3.91. The Hall–Kier alpha value is -3.15. The molecular formula is C22H27N3O3. The summed E-state index contributed by atoms with van der Waals surface area (Å²) in [5.74, 6) is -0.0873. The number of hydrazone groups is 1. The van der Waals surface area contributed by atoms with E-state index in [-0.39, 0.29) is 12.3 Å². The van der Waals surface area contributed by atoms with Gasteiger partial charge in [0.2, 0.25) is 11.8 Å². The van der Waals surface area contributed by atoms with E-state index in [1.54, 1.807) is 0 Å². The number of hydrogen-bond donors (Lipinski definition) is 2. The summed E-state index contributed by atoms with van der Waals surface area (Å²) in [6.45, 7) is 4.79. The summed E-state index contributed by atoms with van der Waals surface area (Å²) in [4.78, 5) is 24.0. The highest BCUT2D eigenvalue weighted by molar-refractivity contribution is 6.04. The molecule has 6 heteroatoms. The van der Waals surface area contributed by atoms with Gasteiger partial charge in [0.15, 0.2) is 0 Å². The maximum Gasteiger partial charge on any atom is 0.249 e. The number of carbonyl (C=O) groups excluding carboxylic acids is 2. The lowest BCUT2D eigenvalue weighted by atomic mass is 10.1. The standard InChI is InChI=1S/C22H27N3O3/c1-3-5-13-28-19-11-8-9-17(14-19)16-23-25-22(27)15-21(26)24-20-12-7-6-10-18(20)4-2/h6-12,14,16H,3-5,13,15H2,1-2H3,(H,24,26)(H,25,27). The minimum atomic E-state index is -0.474. The van der Waals surface area contributed by atoms with Crippen LogP contribution in [0.15, 0.2) is 53.6 Å². The number of nitrogens with one attached hydrogen (secondary N) is 2. The fourth-order valence-corrected chi connectivity index (χ4v) is 2.53. The first-order valence-electron chi connectivity index (χ1n) is 9.55. The Labute approximate surface area is 166 Å². The Kier molecular flexibility index (Phi) is 8.72. The Bertz CT molecular complexity index is 818. The molecule has 148 valence electrons. The molecule has 2 aromatic rings. The lowest BCUT2D eigenvalue weighted by Gasteiger charge is -2.09. The van der Waals surface area contributed by atoms with Crippen LogP contribution in [0.25, 0.3) is 0 Å². The molecule has 2 aromatic carbocycles. The van der Waals surface area contributed by atoms with E-state index in [9.17, 15) is 9.59 Å². The third kappa shape index (κ3) is 7.23. The Balaban J connectivity index is 1.81. The first kappa shape index (κ1) is 21.2. The molecule has 0 bridgehead atoms. The molecular weight excluding hydrogens is 354 g/mol. The van der Waals surface area contributed by atoms with Crippen LogP contribution in [-0.2, 0) is 16.0 Å². The smallest absolute Gasteiger partial charge is 0.249 e. The van der Waals surface area contributed by atoms with Gasteiger partial charge in [-0.15, -0.1) is 0 Å². The molecule has 0 aliphatic carbocycles. The third-order valence-electron chi connectivity index (χ3n) is 4.02. The van der Waals surface area contributed by atoms with Gasteiger partial charge in [-0.25, -0.2) is 5.43 Å². The molecule has 0 unspecified atom stereocenters. The predicted molar refractivity (Wildman–Crippen MR) is 112 cm³/mol. The van der Waals surface area contributed by atoms with Gasteiger partial charge in [0.25, 0.3) is 0 Å². The van der Waals surface area contributed by atoms with Crippen LogP contribution in [0.4, 0.5) is 5.69 Å². The van der Waals surface area contributed by atoms with Crippen molar-refractivity contribution in [2.24, 2.45) is 5.10 Å². The van der Waals surface area contributed by atoms with Crippen molar-refractivity contribution in [3.05, 3.63) is 59.7 Å². The molecule has 2 N–H and O–H groups in total. The van der Waals surface area contributed by atoms with E-state index >= 15 is 0 Å². The van der Waals surface area contributed by atoms with Crippen molar-refractivity contribution < 1.29 is 14.3 Å². The topological polar surface area (TPSA) is 79.8 Å². The Morgan fingerprint density at radius 2 is 1.89 bits per heavy atom. The number of para-hydroxylation sites is 1. The first-order valence-corrected chi connectivity index (χ1v) is 9.55. The van der Waals surface area contributed by atoms with Crippen molar-refractivity contribution in [2.45, 2.75) is 39.5 Å². The average Bonchev–Trinajstić information content (AvgIpc) is 2.69. The van der Waals surface area contributed by atoms with Crippen LogP contribution >= 0.6 is 0 Å². The van der Waals surface area contributed by atoms with E-state index in [2.05, 4.69) is 22.8 Å². The van der Waals surface area contributed by atoms with Crippen molar-refractivity contribution in [3.8, 4) is 5.75 Å². The summed E-state index contributed by atoms with van der Waals surface area (Å²) in [5.41, 5.74) is 4.93. The fraction of sp³-hybridized carbons (Fsp3) is 0.318. The van der Waals surface area contributed by atoms with E-state index in [4.69, 9.17) is 4.74 Å². The highest BCUT2D eigenvalue weighted by Gasteiger charge is 2.10. The molecule has 6 nitrogen and oxygen atoms in total. The van der Waals surface area contributed by atoms with E-state index in [0.29, 0.717) is 6.61 Å². The summed E-state index contributed by atoms with van der Waals surface area (Å²) < 4.78 is 5.64. The highest BCUT2D eigenvalue weighted by atomic mass is 16.5. The molecule has 0 saturated heterocycles. The van der Waals surface area contributed by atoms with Crippen LogP contribution in [0.1, 0.15) is 44.2 Å². The second-order valence-electron chi connectivity index (χ2n) is 6.30. The van der Waals surface area contributed by atoms with Gasteiger partial charge in [-0.05, 0) is 42.2 Å². The zero-order valence-electron chi connectivity index (χ0n) is 16.4. The van der Waals surface area contributed by atoms with Gasteiger partial charge in [0, 0.05) is 5.69 Å². The number of benzene rings is 2. The van der Waals surface area contributed by atoms with Gasteiger partial charge in [-0.3, -0.25) is 9.59 Å². The van der Waals surface area contributed by atoms with Gasteiger partial charge < -0.3 is 10.1 Å². The lowest BCUT2D eigenvalue weighted by Crippen LogP contribution is -2.25. The van der Waals surface area contributed by atoms with Crippen molar-refractivity contribution in [2.75, 3.05) is 11.9 Å². The highest BCUT2D eigenvalue weighted by Crippen LogP contribution is 2.15. The van der Waals surface area contributed by atoms with Crippen molar-refractivity contribution in [1.82, 2.24) is 5.43 Å². The minimum Gasteiger partial charge on any atom is -0.494 e. The summed E-state index contributed by atoms with van der Waals surface area (Å²) >= 11 is 0. The van der Waals surface area contributed by atoms with Crippen molar-refractivity contribution >= 4 is 23.7 Å². The summed E-state index contributed by atoms with van der Waals surface area (Å²) in [6.07, 6.45) is 4.10. The molecule has 0 atom stereocenters. The number of ether oxygens (including phenoxy) is 1. The Morgan fingerprint density at radius 3 is 2.68 bits per heavy atom. The number of amides is 2. The molecule has 28 heavy (non-hydrogen) atoms. The number of carbonyl (C=O) groups is 2. The van der Waals surface area contributed by atoms with Gasteiger partial charge in [0.1, 0.15) is 12.2 Å². The van der Waals surface area contributed by atoms with Crippen molar-refractivity contribution in [1.29, 1.82) is 0 Å². The number of rotatable bonds is 10. The minimum absolute atomic E-state index is 0.296. The maximum absolute atomic E-state index is 12.1. The summed E-state index contributed by atoms with van der Waals surface area (Å²) in [5, 5.41) is 6.68. The maximum atomic E-state index is 12.1. The van der Waals surface area contributed by atoms with Crippen LogP contribution < -0.4 is 15.5 Å². The van der Waals surface area contributed by atoms with Gasteiger partial charge >= 0.3 is 0 Å².